The van der Waals surface area contributed by atoms with Crippen molar-refractivity contribution in [2.45, 2.75) is 13.0 Å². The molecule has 1 unspecified atom stereocenters. The average Bonchev–Trinajstić information content (AvgIpc) is 2.58. The zero-order valence-electron chi connectivity index (χ0n) is 8.52. The first-order chi connectivity index (χ1) is 7.47. The molecule has 0 aliphatic heterocycles. The fourth-order valence-corrected chi connectivity index (χ4v) is 1.07. The molecule has 0 aromatic carbocycles. The number of hydrogen-bond donors (Lipinski definition) is 5. The molecule has 8 nitrogen and oxygen atoms in total. The number of carbonyl (C=O) groups excluding carboxylic acids is 1. The van der Waals surface area contributed by atoms with E-state index in [1.165, 1.54) is 6.92 Å². The number of H-pyrrole nitrogens is 1. The summed E-state index contributed by atoms with van der Waals surface area (Å²) in [6, 6.07) is -1.11. The molecule has 1 aromatic rings. The van der Waals surface area contributed by atoms with E-state index in [1.807, 2.05) is 0 Å². The van der Waals surface area contributed by atoms with E-state index >= 15 is 0 Å². The number of carboxylic acids is 1. The van der Waals surface area contributed by atoms with Gasteiger partial charge in [0.05, 0.1) is 6.61 Å². The van der Waals surface area contributed by atoms with Gasteiger partial charge in [0.1, 0.15) is 11.6 Å². The highest BCUT2D eigenvalue weighted by Gasteiger charge is 2.21. The number of nitrogens with one attached hydrogen (secondary N) is 2. The lowest BCUT2D eigenvalue weighted by Crippen LogP contribution is -2.38. The lowest BCUT2D eigenvalue weighted by Gasteiger charge is -2.07. The summed E-state index contributed by atoms with van der Waals surface area (Å²) in [6.07, 6.45) is 0. The normalized spacial score (nSPS) is 12.2. The highest BCUT2D eigenvalue weighted by atomic mass is 16.4. The first-order valence-corrected chi connectivity index (χ1v) is 4.43. The molecule has 0 saturated carbocycles. The van der Waals surface area contributed by atoms with E-state index in [0.717, 1.165) is 0 Å². The van der Waals surface area contributed by atoms with Crippen molar-refractivity contribution in [2.24, 2.45) is 5.73 Å². The minimum atomic E-state index is -1.21. The third-order valence-electron chi connectivity index (χ3n) is 1.94. The van der Waals surface area contributed by atoms with Gasteiger partial charge < -0.3 is 21.3 Å². The third kappa shape index (κ3) is 2.35. The Kier molecular flexibility index (Phi) is 3.59. The van der Waals surface area contributed by atoms with E-state index in [-0.39, 0.29) is 11.4 Å². The summed E-state index contributed by atoms with van der Waals surface area (Å²) in [7, 11) is 0. The molecule has 1 rings (SSSR count). The van der Waals surface area contributed by atoms with Crippen LogP contribution in [0, 0.1) is 6.92 Å². The Morgan fingerprint density at radius 1 is 1.62 bits per heavy atom. The molecule has 0 radical (unpaired) electrons. The zero-order valence-corrected chi connectivity index (χ0v) is 8.52. The van der Waals surface area contributed by atoms with E-state index < -0.39 is 24.5 Å². The summed E-state index contributed by atoms with van der Waals surface area (Å²) in [5.41, 5.74) is 5.44. The van der Waals surface area contributed by atoms with E-state index in [2.05, 4.69) is 15.5 Å². The highest BCUT2D eigenvalue weighted by molar-refractivity contribution is 6.01. The van der Waals surface area contributed by atoms with Crippen LogP contribution in [-0.4, -0.2) is 44.9 Å². The van der Waals surface area contributed by atoms with Gasteiger partial charge in [-0.15, -0.1) is 0 Å². The van der Waals surface area contributed by atoms with E-state index in [9.17, 15) is 9.59 Å². The minimum absolute atomic E-state index is 0.112. The van der Waals surface area contributed by atoms with Gasteiger partial charge in [-0.25, -0.2) is 4.79 Å². The number of rotatable bonds is 4. The number of aromatic amines is 1. The number of carboxylic acid groups (broad SMARTS) is 1. The maximum atomic E-state index is 11.3. The molecule has 0 fully saturated rings. The van der Waals surface area contributed by atoms with Gasteiger partial charge in [0.2, 0.25) is 5.91 Å². The fraction of sp³-hybridized carbons (Fsp3) is 0.375. The predicted octanol–water partition coefficient (Wildman–Crippen LogP) is -1.33. The lowest BCUT2D eigenvalue weighted by molar-refractivity contribution is -0.118. The van der Waals surface area contributed by atoms with Crippen LogP contribution < -0.4 is 11.1 Å². The van der Waals surface area contributed by atoms with Crippen molar-refractivity contribution in [3.8, 4) is 0 Å². The summed E-state index contributed by atoms with van der Waals surface area (Å²) >= 11 is 0. The second-order valence-corrected chi connectivity index (χ2v) is 3.16. The molecule has 88 valence electrons. The molecular weight excluding hydrogens is 216 g/mol. The second-order valence-electron chi connectivity index (χ2n) is 3.16. The van der Waals surface area contributed by atoms with Crippen molar-refractivity contribution in [1.82, 2.24) is 10.2 Å². The van der Waals surface area contributed by atoms with Crippen LogP contribution in [-0.2, 0) is 4.79 Å². The van der Waals surface area contributed by atoms with E-state index in [4.69, 9.17) is 15.9 Å². The standard InChI is InChI=1S/C8H12N4O4/c1-3-5(8(15)16)6(12-11-3)10-7(14)4(9)2-13/h4,13H,2,9H2,1H3,(H,15,16)(H2,10,11,12,14). The minimum Gasteiger partial charge on any atom is -0.477 e. The van der Waals surface area contributed by atoms with Crippen LogP contribution in [0.25, 0.3) is 0 Å². The van der Waals surface area contributed by atoms with Crippen molar-refractivity contribution in [2.75, 3.05) is 11.9 Å². The third-order valence-corrected chi connectivity index (χ3v) is 1.94. The van der Waals surface area contributed by atoms with Crippen LogP contribution in [0.2, 0.25) is 0 Å². The molecule has 1 amide bonds. The number of aromatic nitrogens is 2. The number of nitrogens with two attached hydrogens (primary N) is 1. The van der Waals surface area contributed by atoms with Gasteiger partial charge in [-0.1, -0.05) is 0 Å². The van der Waals surface area contributed by atoms with Crippen LogP contribution >= 0.6 is 0 Å². The maximum absolute atomic E-state index is 11.3. The van der Waals surface area contributed by atoms with Gasteiger partial charge in [-0.2, -0.15) is 5.10 Å². The Balaban J connectivity index is 2.90. The van der Waals surface area contributed by atoms with Crippen molar-refractivity contribution in [3.63, 3.8) is 0 Å². The van der Waals surface area contributed by atoms with Crippen molar-refractivity contribution in [1.29, 1.82) is 0 Å². The summed E-state index contributed by atoms with van der Waals surface area (Å²) in [4.78, 5) is 22.1. The molecular formula is C8H12N4O4. The van der Waals surface area contributed by atoms with Crippen LogP contribution in [0.4, 0.5) is 5.82 Å². The number of amides is 1. The molecule has 0 aliphatic carbocycles. The number of aliphatic hydroxyl groups is 1. The molecule has 1 aromatic heterocycles. The average molecular weight is 228 g/mol. The SMILES string of the molecule is Cc1[nH]nc(NC(=O)C(N)CO)c1C(=O)O. The van der Waals surface area contributed by atoms with Gasteiger partial charge in [-0.3, -0.25) is 9.89 Å². The van der Waals surface area contributed by atoms with Crippen molar-refractivity contribution < 1.29 is 19.8 Å². The Hall–Kier alpha value is -1.93. The predicted molar refractivity (Wildman–Crippen MR) is 54.0 cm³/mol. The zero-order chi connectivity index (χ0) is 12.3. The van der Waals surface area contributed by atoms with E-state index in [0.29, 0.717) is 5.69 Å². The van der Waals surface area contributed by atoms with Gasteiger partial charge in [0, 0.05) is 5.69 Å². The van der Waals surface area contributed by atoms with Crippen LogP contribution in [0.15, 0.2) is 0 Å². The fourth-order valence-electron chi connectivity index (χ4n) is 1.07. The monoisotopic (exact) mass is 228 g/mol. The molecule has 1 atom stereocenters. The van der Waals surface area contributed by atoms with Crippen molar-refractivity contribution in [3.05, 3.63) is 11.3 Å². The summed E-state index contributed by atoms with van der Waals surface area (Å²) < 4.78 is 0. The molecule has 16 heavy (non-hydrogen) atoms. The number of aromatic carboxylic acids is 1. The van der Waals surface area contributed by atoms with Crippen LogP contribution in [0.3, 0.4) is 0 Å². The first kappa shape index (κ1) is 12.1. The number of aryl methyl sites for hydroxylation is 1. The Bertz CT molecular complexity index is 414. The van der Waals surface area contributed by atoms with Gasteiger partial charge in [-0.05, 0) is 6.92 Å². The van der Waals surface area contributed by atoms with Crippen LogP contribution in [0.1, 0.15) is 16.1 Å². The summed E-state index contributed by atoms with van der Waals surface area (Å²) in [5.74, 6) is -2.02. The maximum Gasteiger partial charge on any atom is 0.341 e. The number of nitrogens with zero attached hydrogens (tertiary/aromatic N) is 1. The molecule has 0 spiro atoms. The lowest BCUT2D eigenvalue weighted by atomic mass is 10.2. The van der Waals surface area contributed by atoms with Gasteiger partial charge >= 0.3 is 5.97 Å². The molecule has 0 aliphatic rings. The molecule has 6 N–H and O–H groups in total. The Labute approximate surface area is 90.5 Å². The first-order valence-electron chi connectivity index (χ1n) is 4.43. The van der Waals surface area contributed by atoms with Gasteiger partial charge in [0.25, 0.3) is 0 Å². The van der Waals surface area contributed by atoms with Gasteiger partial charge in [0.15, 0.2) is 5.82 Å². The molecule has 1 heterocycles. The molecule has 0 bridgehead atoms. The van der Waals surface area contributed by atoms with E-state index in [1.54, 1.807) is 0 Å². The molecule has 8 heteroatoms. The Morgan fingerprint density at radius 3 is 2.75 bits per heavy atom. The number of hydrogen-bond acceptors (Lipinski definition) is 5. The molecule has 0 saturated heterocycles. The summed E-state index contributed by atoms with van der Waals surface area (Å²) in [6.45, 7) is 0.982. The smallest absolute Gasteiger partial charge is 0.341 e. The van der Waals surface area contributed by atoms with Crippen LogP contribution in [0.5, 0.6) is 0 Å². The highest BCUT2D eigenvalue weighted by Crippen LogP contribution is 2.15. The number of aliphatic hydroxyl groups excluding tert-OH is 1. The Morgan fingerprint density at radius 2 is 2.25 bits per heavy atom. The summed E-state index contributed by atoms with van der Waals surface area (Å²) in [5, 5.41) is 25.8. The second kappa shape index (κ2) is 4.73. The topological polar surface area (TPSA) is 141 Å². The quantitative estimate of drug-likeness (QED) is 0.432. The number of anilines is 1. The largest absolute Gasteiger partial charge is 0.477 e. The number of carbonyl (C=O) groups is 2. The van der Waals surface area contributed by atoms with Crippen molar-refractivity contribution >= 4 is 17.7 Å².